The van der Waals surface area contributed by atoms with Gasteiger partial charge in [-0.2, -0.15) is 0 Å². The Hall–Kier alpha value is -0.160. The molecule has 3 aliphatic rings. The molecule has 2 saturated heterocycles. The van der Waals surface area contributed by atoms with Gasteiger partial charge in [-0.25, -0.2) is 0 Å². The molecule has 2 unspecified atom stereocenters. The number of nitrogens with two attached hydrogens (primary N) is 1. The van der Waals surface area contributed by atoms with Crippen LogP contribution in [0.5, 0.6) is 0 Å². The van der Waals surface area contributed by atoms with E-state index in [0.717, 1.165) is 25.7 Å². The van der Waals surface area contributed by atoms with E-state index >= 15 is 0 Å². The standard InChI is InChI=1S/C13H25N3O/c14-13(10-17,11-3-4-11)9-15-6-7-16-5-1-2-12(16)8-15/h11-12,17H,1-10,14H2. The zero-order valence-electron chi connectivity index (χ0n) is 10.6. The fourth-order valence-electron chi connectivity index (χ4n) is 3.58. The molecule has 17 heavy (non-hydrogen) atoms. The lowest BCUT2D eigenvalue weighted by atomic mass is 9.94. The highest BCUT2D eigenvalue weighted by atomic mass is 16.3. The van der Waals surface area contributed by atoms with Crippen LogP contribution in [-0.4, -0.2) is 65.8 Å². The van der Waals surface area contributed by atoms with Gasteiger partial charge in [-0.05, 0) is 38.1 Å². The fourth-order valence-corrected chi connectivity index (χ4v) is 3.58. The smallest absolute Gasteiger partial charge is 0.0626 e. The highest BCUT2D eigenvalue weighted by Crippen LogP contribution is 2.38. The lowest BCUT2D eigenvalue weighted by molar-refractivity contribution is 0.0620. The molecule has 0 aromatic rings. The Kier molecular flexibility index (Phi) is 3.15. The molecule has 0 bridgehead atoms. The van der Waals surface area contributed by atoms with Crippen LogP contribution in [-0.2, 0) is 0 Å². The van der Waals surface area contributed by atoms with E-state index in [1.54, 1.807) is 0 Å². The maximum absolute atomic E-state index is 9.55. The van der Waals surface area contributed by atoms with Crippen molar-refractivity contribution in [3.63, 3.8) is 0 Å². The molecule has 4 heteroatoms. The van der Waals surface area contributed by atoms with E-state index in [4.69, 9.17) is 5.73 Å². The molecule has 0 aromatic carbocycles. The molecular weight excluding hydrogens is 214 g/mol. The Labute approximate surface area is 104 Å². The molecule has 4 nitrogen and oxygen atoms in total. The molecule has 0 radical (unpaired) electrons. The summed E-state index contributed by atoms with van der Waals surface area (Å²) in [5.41, 5.74) is 6.03. The van der Waals surface area contributed by atoms with Crippen LogP contribution in [0, 0.1) is 5.92 Å². The summed E-state index contributed by atoms with van der Waals surface area (Å²) in [5.74, 6) is 0.564. The molecule has 3 rings (SSSR count). The summed E-state index contributed by atoms with van der Waals surface area (Å²) in [6.45, 7) is 5.79. The van der Waals surface area contributed by atoms with Crippen molar-refractivity contribution in [1.29, 1.82) is 0 Å². The Morgan fingerprint density at radius 3 is 2.71 bits per heavy atom. The maximum Gasteiger partial charge on any atom is 0.0626 e. The van der Waals surface area contributed by atoms with Crippen LogP contribution in [0.15, 0.2) is 0 Å². The zero-order chi connectivity index (χ0) is 11.9. The Bertz CT molecular complexity index is 282. The minimum Gasteiger partial charge on any atom is -0.394 e. The van der Waals surface area contributed by atoms with Gasteiger partial charge in [0.25, 0.3) is 0 Å². The van der Waals surface area contributed by atoms with Crippen LogP contribution in [0.25, 0.3) is 0 Å². The van der Waals surface area contributed by atoms with Gasteiger partial charge in [0.05, 0.1) is 12.1 Å². The maximum atomic E-state index is 9.55. The summed E-state index contributed by atoms with van der Waals surface area (Å²) in [7, 11) is 0. The van der Waals surface area contributed by atoms with Crippen LogP contribution in [0.2, 0.25) is 0 Å². The van der Waals surface area contributed by atoms with Gasteiger partial charge in [0, 0.05) is 32.2 Å². The molecule has 3 N–H and O–H groups in total. The molecule has 2 aliphatic heterocycles. The Balaban J connectivity index is 1.58. The molecule has 2 atom stereocenters. The molecule has 98 valence electrons. The quantitative estimate of drug-likeness (QED) is 0.717. The molecule has 1 saturated carbocycles. The first kappa shape index (κ1) is 11.9. The topological polar surface area (TPSA) is 52.7 Å². The van der Waals surface area contributed by atoms with E-state index in [1.165, 1.54) is 38.8 Å². The largest absolute Gasteiger partial charge is 0.394 e. The summed E-state index contributed by atoms with van der Waals surface area (Å²) in [4.78, 5) is 5.10. The second-order valence-corrected chi connectivity index (χ2v) is 6.23. The lowest BCUT2D eigenvalue weighted by Gasteiger charge is -2.41. The number of aliphatic hydroxyl groups excluding tert-OH is 1. The molecule has 0 amide bonds. The van der Waals surface area contributed by atoms with Crippen LogP contribution in [0.4, 0.5) is 0 Å². The van der Waals surface area contributed by atoms with E-state index in [-0.39, 0.29) is 12.1 Å². The number of aliphatic hydroxyl groups is 1. The third-order valence-electron chi connectivity index (χ3n) is 4.87. The van der Waals surface area contributed by atoms with Crippen molar-refractivity contribution in [2.24, 2.45) is 11.7 Å². The monoisotopic (exact) mass is 239 g/mol. The molecule has 0 aromatic heterocycles. The van der Waals surface area contributed by atoms with Crippen molar-refractivity contribution >= 4 is 0 Å². The van der Waals surface area contributed by atoms with Crippen molar-refractivity contribution in [2.75, 3.05) is 39.3 Å². The third kappa shape index (κ3) is 2.36. The van der Waals surface area contributed by atoms with Gasteiger partial charge in [0.1, 0.15) is 0 Å². The van der Waals surface area contributed by atoms with Gasteiger partial charge in [0.15, 0.2) is 0 Å². The van der Waals surface area contributed by atoms with E-state index in [1.807, 2.05) is 0 Å². The number of rotatable bonds is 4. The summed E-state index contributed by atoms with van der Waals surface area (Å²) < 4.78 is 0. The van der Waals surface area contributed by atoms with Crippen molar-refractivity contribution in [3.05, 3.63) is 0 Å². The second kappa shape index (κ2) is 4.50. The Morgan fingerprint density at radius 1 is 1.18 bits per heavy atom. The first-order chi connectivity index (χ1) is 8.21. The number of nitrogens with zero attached hydrogens (tertiary/aromatic N) is 2. The highest BCUT2D eigenvalue weighted by molar-refractivity contribution is 5.01. The number of hydrogen-bond acceptors (Lipinski definition) is 4. The average molecular weight is 239 g/mol. The van der Waals surface area contributed by atoms with Gasteiger partial charge < -0.3 is 10.8 Å². The van der Waals surface area contributed by atoms with Gasteiger partial charge in [0.2, 0.25) is 0 Å². The van der Waals surface area contributed by atoms with Crippen LogP contribution in [0.1, 0.15) is 25.7 Å². The normalized spacial score (nSPS) is 34.6. The number of fused-ring (bicyclic) bond motifs is 1. The first-order valence-electron chi connectivity index (χ1n) is 7.07. The van der Waals surface area contributed by atoms with Crippen LogP contribution < -0.4 is 5.73 Å². The van der Waals surface area contributed by atoms with Gasteiger partial charge in [-0.1, -0.05) is 0 Å². The molecule has 2 heterocycles. The molecule has 0 spiro atoms. The van der Waals surface area contributed by atoms with Crippen LogP contribution >= 0.6 is 0 Å². The Morgan fingerprint density at radius 2 is 2.00 bits per heavy atom. The summed E-state index contributed by atoms with van der Waals surface area (Å²) in [6.07, 6.45) is 5.12. The molecule has 1 aliphatic carbocycles. The SMILES string of the molecule is NC(CO)(CN1CCN2CCCC2C1)C1CC1. The van der Waals surface area contributed by atoms with Gasteiger partial charge >= 0.3 is 0 Å². The summed E-state index contributed by atoms with van der Waals surface area (Å²) in [5, 5.41) is 9.55. The average Bonchev–Trinajstić information content (AvgIpc) is 3.09. The lowest BCUT2D eigenvalue weighted by Crippen LogP contribution is -2.59. The van der Waals surface area contributed by atoms with Crippen molar-refractivity contribution in [3.8, 4) is 0 Å². The second-order valence-electron chi connectivity index (χ2n) is 6.23. The third-order valence-corrected chi connectivity index (χ3v) is 4.87. The van der Waals surface area contributed by atoms with Crippen molar-refractivity contribution in [1.82, 2.24) is 9.80 Å². The predicted octanol–water partition coefficient (Wildman–Crippen LogP) is -0.134. The van der Waals surface area contributed by atoms with E-state index < -0.39 is 0 Å². The van der Waals surface area contributed by atoms with Gasteiger partial charge in [-0.15, -0.1) is 0 Å². The van der Waals surface area contributed by atoms with E-state index in [0.29, 0.717) is 5.92 Å². The number of piperazine rings is 1. The summed E-state index contributed by atoms with van der Waals surface area (Å²) in [6, 6.07) is 0.755. The van der Waals surface area contributed by atoms with Gasteiger partial charge in [-0.3, -0.25) is 9.80 Å². The minimum absolute atomic E-state index is 0.141. The van der Waals surface area contributed by atoms with E-state index in [2.05, 4.69) is 9.80 Å². The molecular formula is C13H25N3O. The molecule has 3 fully saturated rings. The predicted molar refractivity (Wildman–Crippen MR) is 67.8 cm³/mol. The zero-order valence-corrected chi connectivity index (χ0v) is 10.6. The highest BCUT2D eigenvalue weighted by Gasteiger charge is 2.44. The fraction of sp³-hybridized carbons (Fsp3) is 1.00. The summed E-state index contributed by atoms with van der Waals surface area (Å²) >= 11 is 0. The first-order valence-corrected chi connectivity index (χ1v) is 7.07. The minimum atomic E-state index is -0.333. The van der Waals surface area contributed by atoms with E-state index in [9.17, 15) is 5.11 Å². The number of hydrogen-bond donors (Lipinski definition) is 2. The van der Waals surface area contributed by atoms with Crippen LogP contribution in [0.3, 0.4) is 0 Å². The van der Waals surface area contributed by atoms with Crippen molar-refractivity contribution < 1.29 is 5.11 Å². The van der Waals surface area contributed by atoms with Crippen molar-refractivity contribution in [2.45, 2.75) is 37.3 Å².